The summed E-state index contributed by atoms with van der Waals surface area (Å²) in [4.78, 5) is 11.8. The zero-order valence-corrected chi connectivity index (χ0v) is 12.7. The van der Waals surface area contributed by atoms with Crippen LogP contribution in [0.4, 0.5) is 4.79 Å². The van der Waals surface area contributed by atoms with E-state index in [1.165, 1.54) is 32.1 Å². The predicted molar refractivity (Wildman–Crippen MR) is 77.0 cm³/mol. The van der Waals surface area contributed by atoms with Crippen molar-refractivity contribution in [1.82, 2.24) is 5.32 Å². The monoisotopic (exact) mass is 267 g/mol. The molecule has 0 unspecified atom stereocenters. The third kappa shape index (κ3) is 4.70. The highest BCUT2D eigenvalue weighted by Gasteiger charge is 2.32. The first-order chi connectivity index (χ1) is 8.94. The molecule has 3 atom stereocenters. The summed E-state index contributed by atoms with van der Waals surface area (Å²) in [7, 11) is 0. The summed E-state index contributed by atoms with van der Waals surface area (Å²) in [6, 6.07) is 0.340. The largest absolute Gasteiger partial charge is 0.449 e. The minimum Gasteiger partial charge on any atom is -0.449 e. The second-order valence-electron chi connectivity index (χ2n) is 7.60. The minimum atomic E-state index is -0.228. The van der Waals surface area contributed by atoms with Crippen LogP contribution in [0.25, 0.3) is 0 Å². The molecule has 110 valence electrons. The lowest BCUT2D eigenvalue weighted by Crippen LogP contribution is -2.42. The Kier molecular flexibility index (Phi) is 4.75. The Hall–Kier alpha value is -0.730. The molecule has 0 spiro atoms. The standard InChI is InChI=1S/C16H29NO2/c1-16(2,3)11-19-15(18)17-14-9-8-12-6-4-5-7-13(12)10-14/h12-14H,4-11H2,1-3H3,(H,17,18)/t12-,13-,14+/m1/s1. The minimum absolute atomic E-state index is 0.0400. The third-order valence-corrected chi connectivity index (χ3v) is 4.50. The van der Waals surface area contributed by atoms with Crippen LogP contribution in [-0.4, -0.2) is 18.7 Å². The summed E-state index contributed by atoms with van der Waals surface area (Å²) in [5.41, 5.74) is 0.0400. The van der Waals surface area contributed by atoms with Crippen LogP contribution >= 0.6 is 0 Å². The van der Waals surface area contributed by atoms with Crippen LogP contribution in [0.15, 0.2) is 0 Å². The van der Waals surface area contributed by atoms with E-state index in [4.69, 9.17) is 4.74 Å². The first-order valence-electron chi connectivity index (χ1n) is 7.87. The summed E-state index contributed by atoms with van der Waals surface area (Å²) in [6.07, 6.45) is 8.91. The molecular weight excluding hydrogens is 238 g/mol. The van der Waals surface area contributed by atoms with Crippen molar-refractivity contribution in [3.05, 3.63) is 0 Å². The number of hydrogen-bond donors (Lipinski definition) is 1. The number of alkyl carbamates (subject to hydrolysis) is 1. The molecule has 0 aliphatic heterocycles. The molecule has 1 amide bonds. The molecule has 0 heterocycles. The lowest BCUT2D eigenvalue weighted by atomic mass is 9.69. The number of fused-ring (bicyclic) bond motifs is 1. The molecule has 0 bridgehead atoms. The summed E-state index contributed by atoms with van der Waals surface area (Å²) < 4.78 is 5.30. The molecule has 2 fully saturated rings. The van der Waals surface area contributed by atoms with Gasteiger partial charge in [-0.2, -0.15) is 0 Å². The summed E-state index contributed by atoms with van der Waals surface area (Å²) in [5.74, 6) is 1.77. The molecule has 2 aliphatic rings. The number of carbonyl (C=O) groups excluding carboxylic acids is 1. The molecule has 0 aromatic carbocycles. The zero-order chi connectivity index (χ0) is 13.9. The van der Waals surface area contributed by atoms with Gasteiger partial charge in [0.25, 0.3) is 0 Å². The van der Waals surface area contributed by atoms with Crippen molar-refractivity contribution >= 4 is 6.09 Å². The van der Waals surface area contributed by atoms with Gasteiger partial charge in [-0.25, -0.2) is 4.79 Å². The Morgan fingerprint density at radius 1 is 1.11 bits per heavy atom. The van der Waals surface area contributed by atoms with Gasteiger partial charge in [-0.15, -0.1) is 0 Å². The number of amides is 1. The first kappa shape index (κ1) is 14.7. The number of nitrogens with one attached hydrogen (secondary N) is 1. The van der Waals surface area contributed by atoms with E-state index in [0.29, 0.717) is 12.6 Å². The van der Waals surface area contributed by atoms with E-state index in [2.05, 4.69) is 26.1 Å². The molecule has 3 heteroatoms. The van der Waals surface area contributed by atoms with Gasteiger partial charge < -0.3 is 10.1 Å². The van der Waals surface area contributed by atoms with Gasteiger partial charge in [-0.05, 0) is 36.5 Å². The van der Waals surface area contributed by atoms with Crippen LogP contribution in [-0.2, 0) is 4.74 Å². The number of ether oxygens (including phenoxy) is 1. The average Bonchev–Trinajstić information content (AvgIpc) is 2.35. The van der Waals surface area contributed by atoms with Crippen molar-refractivity contribution in [2.24, 2.45) is 17.3 Å². The molecule has 1 N–H and O–H groups in total. The highest BCUT2D eigenvalue weighted by atomic mass is 16.5. The Balaban J connectivity index is 1.72. The molecule has 0 aromatic heterocycles. The van der Waals surface area contributed by atoms with E-state index < -0.39 is 0 Å². The number of hydrogen-bond acceptors (Lipinski definition) is 2. The van der Waals surface area contributed by atoms with Gasteiger partial charge in [0.1, 0.15) is 0 Å². The maximum atomic E-state index is 11.8. The van der Waals surface area contributed by atoms with E-state index >= 15 is 0 Å². The fourth-order valence-electron chi connectivity index (χ4n) is 3.49. The Labute approximate surface area is 117 Å². The van der Waals surface area contributed by atoms with Crippen LogP contribution < -0.4 is 5.32 Å². The topological polar surface area (TPSA) is 38.3 Å². The van der Waals surface area contributed by atoms with Crippen molar-refractivity contribution in [3.63, 3.8) is 0 Å². The van der Waals surface area contributed by atoms with Gasteiger partial charge in [0.05, 0.1) is 6.61 Å². The lowest BCUT2D eigenvalue weighted by Gasteiger charge is -2.39. The molecule has 2 aliphatic carbocycles. The molecule has 2 rings (SSSR count). The van der Waals surface area contributed by atoms with Gasteiger partial charge in [0, 0.05) is 6.04 Å². The Morgan fingerprint density at radius 2 is 1.79 bits per heavy atom. The van der Waals surface area contributed by atoms with Crippen LogP contribution in [0, 0.1) is 17.3 Å². The third-order valence-electron chi connectivity index (χ3n) is 4.50. The average molecular weight is 267 g/mol. The number of carbonyl (C=O) groups is 1. The molecule has 2 saturated carbocycles. The fourth-order valence-corrected chi connectivity index (χ4v) is 3.49. The smallest absolute Gasteiger partial charge is 0.407 e. The lowest BCUT2D eigenvalue weighted by molar-refractivity contribution is 0.0922. The summed E-state index contributed by atoms with van der Waals surface area (Å²) in [6.45, 7) is 6.71. The van der Waals surface area contributed by atoms with Gasteiger partial charge in [-0.1, -0.05) is 46.5 Å². The number of rotatable bonds is 2. The summed E-state index contributed by atoms with van der Waals surface area (Å²) in [5, 5.41) is 3.06. The maximum absolute atomic E-state index is 11.8. The molecule has 0 aromatic rings. The predicted octanol–water partition coefficient (Wildman–Crippen LogP) is 4.12. The zero-order valence-electron chi connectivity index (χ0n) is 12.7. The molecule has 19 heavy (non-hydrogen) atoms. The van der Waals surface area contributed by atoms with Gasteiger partial charge in [0.15, 0.2) is 0 Å². The van der Waals surface area contributed by atoms with Gasteiger partial charge >= 0.3 is 6.09 Å². The molecule has 3 nitrogen and oxygen atoms in total. The normalized spacial score (nSPS) is 31.4. The fraction of sp³-hybridized carbons (Fsp3) is 0.938. The highest BCUT2D eigenvalue weighted by Crippen LogP contribution is 2.40. The summed E-state index contributed by atoms with van der Waals surface area (Å²) >= 11 is 0. The molecular formula is C16H29NO2. The highest BCUT2D eigenvalue weighted by molar-refractivity contribution is 5.67. The first-order valence-corrected chi connectivity index (χ1v) is 7.87. The van der Waals surface area contributed by atoms with E-state index in [1.807, 2.05) is 0 Å². The van der Waals surface area contributed by atoms with Crippen molar-refractivity contribution in [1.29, 1.82) is 0 Å². The second kappa shape index (κ2) is 6.15. The van der Waals surface area contributed by atoms with E-state index in [0.717, 1.165) is 24.7 Å². The van der Waals surface area contributed by atoms with Crippen LogP contribution in [0.5, 0.6) is 0 Å². The van der Waals surface area contributed by atoms with Gasteiger partial charge in [0.2, 0.25) is 0 Å². The van der Waals surface area contributed by atoms with Crippen LogP contribution in [0.3, 0.4) is 0 Å². The molecule has 0 radical (unpaired) electrons. The second-order valence-corrected chi connectivity index (χ2v) is 7.60. The van der Waals surface area contributed by atoms with Crippen LogP contribution in [0.2, 0.25) is 0 Å². The van der Waals surface area contributed by atoms with Crippen LogP contribution in [0.1, 0.15) is 65.7 Å². The SMILES string of the molecule is CC(C)(C)COC(=O)N[C@H]1CC[C@H]2CCCC[C@@H]2C1. The van der Waals surface area contributed by atoms with Crippen molar-refractivity contribution in [2.75, 3.05) is 6.61 Å². The Bertz CT molecular complexity index is 308. The van der Waals surface area contributed by atoms with E-state index in [1.54, 1.807) is 0 Å². The van der Waals surface area contributed by atoms with E-state index in [-0.39, 0.29) is 11.5 Å². The quantitative estimate of drug-likeness (QED) is 0.817. The molecule has 0 saturated heterocycles. The Morgan fingerprint density at radius 3 is 2.47 bits per heavy atom. The van der Waals surface area contributed by atoms with E-state index in [9.17, 15) is 4.79 Å². The maximum Gasteiger partial charge on any atom is 0.407 e. The van der Waals surface area contributed by atoms with Crippen molar-refractivity contribution in [3.8, 4) is 0 Å². The van der Waals surface area contributed by atoms with Gasteiger partial charge in [-0.3, -0.25) is 0 Å². The van der Waals surface area contributed by atoms with Crippen molar-refractivity contribution in [2.45, 2.75) is 71.8 Å². The van der Waals surface area contributed by atoms with Crippen molar-refractivity contribution < 1.29 is 9.53 Å².